The SMILES string of the molecule is CC(C)(C)CCCCc1ccc(O)c(CCCCC(C)(C)C)c1. The minimum atomic E-state index is 0.414. The molecule has 1 heteroatoms. The van der Waals surface area contributed by atoms with Crippen molar-refractivity contribution in [3.05, 3.63) is 29.3 Å². The molecule has 0 radical (unpaired) electrons. The fraction of sp³-hybridized carbons (Fsp3) is 0.727. The maximum absolute atomic E-state index is 10.1. The Kier molecular flexibility index (Phi) is 7.64. The fourth-order valence-corrected chi connectivity index (χ4v) is 2.95. The molecule has 132 valence electrons. The Balaban J connectivity index is 2.42. The first kappa shape index (κ1) is 20.1. The van der Waals surface area contributed by atoms with E-state index in [-0.39, 0.29) is 0 Å². The molecule has 0 saturated heterocycles. The maximum atomic E-state index is 10.1. The van der Waals surface area contributed by atoms with Gasteiger partial charge in [-0.1, -0.05) is 66.5 Å². The molecule has 1 rings (SSSR count). The molecule has 0 fully saturated rings. The van der Waals surface area contributed by atoms with Gasteiger partial charge < -0.3 is 5.11 Å². The summed E-state index contributed by atoms with van der Waals surface area (Å²) < 4.78 is 0. The lowest BCUT2D eigenvalue weighted by molar-refractivity contribution is 0.359. The highest BCUT2D eigenvalue weighted by Gasteiger charge is 2.11. The minimum absolute atomic E-state index is 0.414. The zero-order chi connectivity index (χ0) is 17.5. The first-order valence-electron chi connectivity index (χ1n) is 9.38. The smallest absolute Gasteiger partial charge is 0.118 e. The molecule has 1 nitrogen and oxygen atoms in total. The highest BCUT2D eigenvalue weighted by atomic mass is 16.3. The molecule has 0 unspecified atom stereocenters. The van der Waals surface area contributed by atoms with Crippen molar-refractivity contribution >= 4 is 0 Å². The predicted octanol–water partition coefficient (Wildman–Crippen LogP) is 6.91. The van der Waals surface area contributed by atoms with Crippen molar-refractivity contribution in [2.75, 3.05) is 0 Å². The average molecular weight is 319 g/mol. The molecule has 0 atom stereocenters. The topological polar surface area (TPSA) is 20.2 Å². The van der Waals surface area contributed by atoms with Crippen LogP contribution in [0.3, 0.4) is 0 Å². The van der Waals surface area contributed by atoms with Crippen LogP contribution in [0, 0.1) is 10.8 Å². The number of rotatable bonds is 8. The Morgan fingerprint density at radius 3 is 1.78 bits per heavy atom. The van der Waals surface area contributed by atoms with E-state index in [0.29, 0.717) is 16.6 Å². The van der Waals surface area contributed by atoms with Gasteiger partial charge in [0, 0.05) is 0 Å². The lowest BCUT2D eigenvalue weighted by atomic mass is 9.88. The highest BCUT2D eigenvalue weighted by Crippen LogP contribution is 2.26. The van der Waals surface area contributed by atoms with E-state index in [1.807, 2.05) is 6.07 Å². The van der Waals surface area contributed by atoms with Gasteiger partial charge in [-0.2, -0.15) is 0 Å². The number of unbranched alkanes of at least 4 members (excludes halogenated alkanes) is 2. The molecule has 23 heavy (non-hydrogen) atoms. The van der Waals surface area contributed by atoms with E-state index in [9.17, 15) is 5.11 Å². The van der Waals surface area contributed by atoms with E-state index >= 15 is 0 Å². The van der Waals surface area contributed by atoms with Crippen molar-refractivity contribution in [2.24, 2.45) is 10.8 Å². The molecule has 1 aromatic rings. The number of phenolic OH excluding ortho intramolecular Hbond substituents is 1. The van der Waals surface area contributed by atoms with Crippen LogP contribution < -0.4 is 0 Å². The molecule has 0 aromatic heterocycles. The van der Waals surface area contributed by atoms with Gasteiger partial charge in [-0.15, -0.1) is 0 Å². The zero-order valence-electron chi connectivity index (χ0n) is 16.3. The number of aromatic hydroxyl groups is 1. The van der Waals surface area contributed by atoms with Crippen molar-refractivity contribution in [1.82, 2.24) is 0 Å². The van der Waals surface area contributed by atoms with E-state index in [0.717, 1.165) is 24.8 Å². The number of hydrogen-bond donors (Lipinski definition) is 1. The average Bonchev–Trinajstić information content (AvgIpc) is 2.40. The monoisotopic (exact) mass is 318 g/mol. The molecule has 0 aliphatic carbocycles. The van der Waals surface area contributed by atoms with Crippen LogP contribution in [0.25, 0.3) is 0 Å². The van der Waals surface area contributed by atoms with Crippen LogP contribution in [-0.2, 0) is 12.8 Å². The summed E-state index contributed by atoms with van der Waals surface area (Å²) in [6, 6.07) is 6.20. The van der Waals surface area contributed by atoms with Crippen LogP contribution in [0.2, 0.25) is 0 Å². The van der Waals surface area contributed by atoms with Crippen molar-refractivity contribution in [3.8, 4) is 5.75 Å². The van der Waals surface area contributed by atoms with E-state index in [1.54, 1.807) is 0 Å². The Labute approximate surface area is 144 Å². The lowest BCUT2D eigenvalue weighted by Gasteiger charge is -2.18. The van der Waals surface area contributed by atoms with E-state index < -0.39 is 0 Å². The molecule has 0 bridgehead atoms. The standard InChI is InChI=1S/C22H38O/c1-21(2,3)15-9-7-11-18-13-14-20(23)19(17-18)12-8-10-16-22(4,5)6/h13-14,17,23H,7-12,15-16H2,1-6H3. The summed E-state index contributed by atoms with van der Waals surface area (Å²) in [6.07, 6.45) is 9.59. The van der Waals surface area contributed by atoms with Gasteiger partial charge in [-0.25, -0.2) is 0 Å². The first-order chi connectivity index (χ1) is 10.6. The van der Waals surface area contributed by atoms with Crippen LogP contribution >= 0.6 is 0 Å². The number of aryl methyl sites for hydroxylation is 2. The molecule has 1 N–H and O–H groups in total. The molecule has 0 spiro atoms. The summed E-state index contributed by atoms with van der Waals surface area (Å²) in [6.45, 7) is 13.8. The van der Waals surface area contributed by atoms with E-state index in [2.05, 4.69) is 53.7 Å². The van der Waals surface area contributed by atoms with Crippen molar-refractivity contribution in [1.29, 1.82) is 0 Å². The quantitative estimate of drug-likeness (QED) is 0.516. The number of hydrogen-bond acceptors (Lipinski definition) is 1. The van der Waals surface area contributed by atoms with Crippen LogP contribution in [0.1, 0.15) is 91.2 Å². The Bertz CT molecular complexity index is 460. The first-order valence-corrected chi connectivity index (χ1v) is 9.38. The van der Waals surface area contributed by atoms with Gasteiger partial charge in [0.15, 0.2) is 0 Å². The zero-order valence-corrected chi connectivity index (χ0v) is 16.3. The minimum Gasteiger partial charge on any atom is -0.508 e. The summed E-state index contributed by atoms with van der Waals surface area (Å²) >= 11 is 0. The van der Waals surface area contributed by atoms with Crippen molar-refractivity contribution < 1.29 is 5.11 Å². The molecule has 0 heterocycles. The number of phenols is 1. The summed E-state index contributed by atoms with van der Waals surface area (Å²) in [4.78, 5) is 0. The normalized spacial score (nSPS) is 12.6. The third kappa shape index (κ3) is 9.69. The third-order valence-electron chi connectivity index (χ3n) is 4.41. The van der Waals surface area contributed by atoms with Gasteiger partial charge in [0.2, 0.25) is 0 Å². The molecule has 0 saturated carbocycles. The number of benzene rings is 1. The van der Waals surface area contributed by atoms with Gasteiger partial charge in [0.05, 0.1) is 0 Å². The molecule has 0 aliphatic rings. The predicted molar refractivity (Wildman–Crippen MR) is 102 cm³/mol. The summed E-state index contributed by atoms with van der Waals surface area (Å²) in [7, 11) is 0. The van der Waals surface area contributed by atoms with Gasteiger partial charge >= 0.3 is 0 Å². The summed E-state index contributed by atoms with van der Waals surface area (Å²) in [5.41, 5.74) is 3.36. The van der Waals surface area contributed by atoms with Crippen molar-refractivity contribution in [2.45, 2.75) is 92.9 Å². The van der Waals surface area contributed by atoms with Gasteiger partial charge in [-0.3, -0.25) is 0 Å². The van der Waals surface area contributed by atoms with E-state index in [4.69, 9.17) is 0 Å². The van der Waals surface area contributed by atoms with Gasteiger partial charge in [0.1, 0.15) is 5.75 Å². The van der Waals surface area contributed by atoms with Gasteiger partial charge in [0.25, 0.3) is 0 Å². The Hall–Kier alpha value is -0.980. The maximum Gasteiger partial charge on any atom is 0.118 e. The van der Waals surface area contributed by atoms with Crippen LogP contribution in [-0.4, -0.2) is 5.11 Å². The highest BCUT2D eigenvalue weighted by molar-refractivity contribution is 5.36. The second-order valence-electron chi connectivity index (χ2n) is 9.50. The Morgan fingerprint density at radius 2 is 1.26 bits per heavy atom. The molecular formula is C22H38O. The largest absolute Gasteiger partial charge is 0.508 e. The molecule has 0 aliphatic heterocycles. The third-order valence-corrected chi connectivity index (χ3v) is 4.41. The summed E-state index contributed by atoms with van der Waals surface area (Å²) in [5, 5.41) is 10.1. The summed E-state index contributed by atoms with van der Waals surface area (Å²) in [5.74, 6) is 0.471. The second kappa shape index (κ2) is 8.76. The Morgan fingerprint density at radius 1 is 0.739 bits per heavy atom. The fourth-order valence-electron chi connectivity index (χ4n) is 2.95. The molecule has 1 aromatic carbocycles. The van der Waals surface area contributed by atoms with Crippen LogP contribution in [0.4, 0.5) is 0 Å². The lowest BCUT2D eigenvalue weighted by Crippen LogP contribution is -2.04. The second-order valence-corrected chi connectivity index (χ2v) is 9.50. The van der Waals surface area contributed by atoms with Crippen molar-refractivity contribution in [3.63, 3.8) is 0 Å². The molecular weight excluding hydrogens is 280 g/mol. The molecule has 0 amide bonds. The van der Waals surface area contributed by atoms with E-state index in [1.165, 1.54) is 37.7 Å². The van der Waals surface area contributed by atoms with Gasteiger partial charge in [-0.05, 0) is 66.5 Å². The van der Waals surface area contributed by atoms with Crippen LogP contribution in [0.5, 0.6) is 5.75 Å². The van der Waals surface area contributed by atoms with Crippen LogP contribution in [0.15, 0.2) is 18.2 Å².